The van der Waals surface area contributed by atoms with Crippen LogP contribution in [0.1, 0.15) is 18.9 Å². The number of methoxy groups -OCH3 is 1. The maximum atomic E-state index is 12.8. The molecule has 2 aromatic carbocycles. The summed E-state index contributed by atoms with van der Waals surface area (Å²) >= 11 is 7.47. The van der Waals surface area contributed by atoms with Gasteiger partial charge in [0.15, 0.2) is 5.17 Å². The minimum atomic E-state index is -0.573. The Balaban J connectivity index is 1.82. The number of aryl methyl sites for hydroxylation is 1. The molecule has 1 heterocycles. The van der Waals surface area contributed by atoms with Crippen molar-refractivity contribution >= 4 is 51.7 Å². The van der Waals surface area contributed by atoms with Crippen molar-refractivity contribution in [3.05, 3.63) is 53.1 Å². The van der Waals surface area contributed by atoms with E-state index < -0.39 is 5.25 Å². The van der Waals surface area contributed by atoms with Crippen LogP contribution in [-0.2, 0) is 9.59 Å². The van der Waals surface area contributed by atoms with E-state index in [1.165, 1.54) is 11.8 Å². The Kier molecular flexibility index (Phi) is 6.82. The smallest absolute Gasteiger partial charge is 0.238 e. The quantitative estimate of drug-likeness (QED) is 0.748. The second-order valence-corrected chi connectivity index (χ2v) is 8.07. The number of amidine groups is 1. The number of halogens is 1. The Labute approximate surface area is 179 Å². The van der Waals surface area contributed by atoms with Gasteiger partial charge in [0.1, 0.15) is 11.0 Å². The summed E-state index contributed by atoms with van der Waals surface area (Å²) in [6.07, 6.45) is 0.113. The lowest BCUT2D eigenvalue weighted by atomic mass is 10.2. The number of aliphatic imine (C=N–C) groups is 1. The molecule has 2 aromatic rings. The number of ether oxygens (including phenoxy) is 1. The third-order valence-corrected chi connectivity index (χ3v) is 6.06. The van der Waals surface area contributed by atoms with Crippen LogP contribution in [0, 0.1) is 6.92 Å². The van der Waals surface area contributed by atoms with Crippen molar-refractivity contribution in [1.82, 2.24) is 4.90 Å². The molecular weight excluding hydrogens is 410 g/mol. The molecule has 29 heavy (non-hydrogen) atoms. The minimum absolute atomic E-state index is 0.113. The van der Waals surface area contributed by atoms with Gasteiger partial charge in [0.25, 0.3) is 0 Å². The molecule has 0 spiro atoms. The average molecular weight is 432 g/mol. The van der Waals surface area contributed by atoms with Crippen LogP contribution in [0.2, 0.25) is 5.02 Å². The summed E-state index contributed by atoms with van der Waals surface area (Å²) in [5, 5.41) is 3.38. The van der Waals surface area contributed by atoms with E-state index in [1.807, 2.05) is 26.0 Å². The van der Waals surface area contributed by atoms with Crippen molar-refractivity contribution in [2.45, 2.75) is 25.5 Å². The Morgan fingerprint density at radius 1 is 1.34 bits per heavy atom. The molecule has 1 atom stereocenters. The number of anilines is 1. The largest absolute Gasteiger partial charge is 0.497 e. The number of carbonyl (C=O) groups is 2. The highest BCUT2D eigenvalue weighted by Crippen LogP contribution is 2.31. The van der Waals surface area contributed by atoms with Gasteiger partial charge in [-0.3, -0.25) is 14.5 Å². The zero-order valence-corrected chi connectivity index (χ0v) is 18.0. The molecule has 0 aliphatic carbocycles. The molecule has 0 saturated carbocycles. The van der Waals surface area contributed by atoms with Gasteiger partial charge >= 0.3 is 0 Å². The van der Waals surface area contributed by atoms with Crippen LogP contribution in [0.4, 0.5) is 11.4 Å². The molecule has 0 radical (unpaired) electrons. The molecule has 152 valence electrons. The number of nitrogens with one attached hydrogen (secondary N) is 1. The molecule has 1 fully saturated rings. The summed E-state index contributed by atoms with van der Waals surface area (Å²) in [5.74, 6) is 0.266. The number of thioether (sulfide) groups is 1. The van der Waals surface area contributed by atoms with Crippen LogP contribution in [-0.4, -0.2) is 40.8 Å². The first-order valence-electron chi connectivity index (χ1n) is 9.18. The molecule has 0 aromatic heterocycles. The molecule has 2 amide bonds. The zero-order valence-electron chi connectivity index (χ0n) is 16.4. The van der Waals surface area contributed by atoms with Crippen LogP contribution in [0.5, 0.6) is 5.75 Å². The molecule has 1 saturated heterocycles. The summed E-state index contributed by atoms with van der Waals surface area (Å²) in [4.78, 5) is 31.6. The first-order chi connectivity index (χ1) is 13.9. The first-order valence-corrected chi connectivity index (χ1v) is 10.4. The van der Waals surface area contributed by atoms with E-state index in [-0.39, 0.29) is 18.2 Å². The molecule has 8 heteroatoms. The van der Waals surface area contributed by atoms with Gasteiger partial charge in [0.05, 0.1) is 12.8 Å². The molecule has 1 aliphatic heterocycles. The lowest BCUT2D eigenvalue weighted by Crippen LogP contribution is -2.45. The summed E-state index contributed by atoms with van der Waals surface area (Å²) < 4.78 is 5.18. The second-order valence-electron chi connectivity index (χ2n) is 6.50. The fourth-order valence-corrected chi connectivity index (χ4v) is 4.18. The molecule has 6 nitrogen and oxygen atoms in total. The van der Waals surface area contributed by atoms with Crippen LogP contribution >= 0.6 is 23.4 Å². The van der Waals surface area contributed by atoms with Gasteiger partial charge in [-0.1, -0.05) is 35.5 Å². The van der Waals surface area contributed by atoms with Crippen molar-refractivity contribution in [2.24, 2.45) is 4.99 Å². The molecule has 1 unspecified atom stereocenters. The van der Waals surface area contributed by atoms with Crippen molar-refractivity contribution in [3.8, 4) is 5.75 Å². The molecule has 3 rings (SSSR count). The predicted octanol–water partition coefficient (Wildman–Crippen LogP) is 4.64. The zero-order chi connectivity index (χ0) is 21.0. The normalized spacial score (nSPS) is 18.1. The van der Waals surface area contributed by atoms with E-state index in [2.05, 4.69) is 10.3 Å². The minimum Gasteiger partial charge on any atom is -0.497 e. The number of amides is 2. The average Bonchev–Trinajstić information content (AvgIpc) is 2.70. The third kappa shape index (κ3) is 5.10. The van der Waals surface area contributed by atoms with Gasteiger partial charge in [-0.15, -0.1) is 0 Å². The Hall–Kier alpha value is -2.51. The van der Waals surface area contributed by atoms with Crippen LogP contribution in [0.15, 0.2) is 47.5 Å². The van der Waals surface area contributed by atoms with E-state index in [0.29, 0.717) is 33.9 Å². The fourth-order valence-electron chi connectivity index (χ4n) is 2.84. The Morgan fingerprint density at radius 3 is 2.83 bits per heavy atom. The first kappa shape index (κ1) is 21.2. The Morgan fingerprint density at radius 2 is 2.14 bits per heavy atom. The van der Waals surface area contributed by atoms with Gasteiger partial charge in [0.2, 0.25) is 11.8 Å². The number of hydrogen-bond donors (Lipinski definition) is 1. The van der Waals surface area contributed by atoms with Gasteiger partial charge in [-0.05, 0) is 43.7 Å². The lowest BCUT2D eigenvalue weighted by molar-refractivity contribution is -0.129. The predicted molar refractivity (Wildman–Crippen MR) is 118 cm³/mol. The highest BCUT2D eigenvalue weighted by Gasteiger charge is 2.35. The van der Waals surface area contributed by atoms with E-state index in [4.69, 9.17) is 16.3 Å². The van der Waals surface area contributed by atoms with Gasteiger partial charge in [-0.25, -0.2) is 4.99 Å². The number of benzene rings is 2. The Bertz CT molecular complexity index is 964. The van der Waals surface area contributed by atoms with Crippen molar-refractivity contribution in [3.63, 3.8) is 0 Å². The van der Waals surface area contributed by atoms with Crippen LogP contribution in [0.25, 0.3) is 0 Å². The van der Waals surface area contributed by atoms with Crippen molar-refractivity contribution < 1.29 is 14.3 Å². The second kappa shape index (κ2) is 9.33. The fraction of sp³-hybridized carbons (Fsp3) is 0.286. The number of hydrogen-bond acceptors (Lipinski definition) is 5. The van der Waals surface area contributed by atoms with E-state index in [0.717, 1.165) is 5.56 Å². The molecule has 1 aliphatic rings. The van der Waals surface area contributed by atoms with Crippen LogP contribution < -0.4 is 10.1 Å². The molecular formula is C21H22ClN3O3S. The topological polar surface area (TPSA) is 71.0 Å². The highest BCUT2D eigenvalue weighted by molar-refractivity contribution is 8.15. The summed E-state index contributed by atoms with van der Waals surface area (Å²) in [6.45, 7) is 4.27. The summed E-state index contributed by atoms with van der Waals surface area (Å²) in [7, 11) is 1.57. The van der Waals surface area contributed by atoms with E-state index >= 15 is 0 Å². The highest BCUT2D eigenvalue weighted by atomic mass is 35.5. The van der Waals surface area contributed by atoms with Crippen molar-refractivity contribution in [2.75, 3.05) is 19.0 Å². The van der Waals surface area contributed by atoms with Gasteiger partial charge in [-0.2, -0.15) is 0 Å². The maximum absolute atomic E-state index is 12.8. The van der Waals surface area contributed by atoms with E-state index in [1.54, 1.807) is 42.3 Å². The SMILES string of the molecule is CCN1C(=O)CC(C(=O)Nc2cccc(OC)c2)SC1=Nc1ccc(C)c(Cl)c1. The number of carbonyl (C=O) groups excluding carboxylic acids is 2. The van der Waals surface area contributed by atoms with Gasteiger partial charge in [0, 0.05) is 29.7 Å². The number of rotatable bonds is 5. The lowest BCUT2D eigenvalue weighted by Gasteiger charge is -2.31. The maximum Gasteiger partial charge on any atom is 0.238 e. The van der Waals surface area contributed by atoms with Crippen LogP contribution in [0.3, 0.4) is 0 Å². The van der Waals surface area contributed by atoms with Gasteiger partial charge < -0.3 is 10.1 Å². The monoisotopic (exact) mass is 431 g/mol. The summed E-state index contributed by atoms with van der Waals surface area (Å²) in [5.41, 5.74) is 2.21. The van der Waals surface area contributed by atoms with E-state index in [9.17, 15) is 9.59 Å². The third-order valence-electron chi connectivity index (χ3n) is 4.47. The molecule has 0 bridgehead atoms. The van der Waals surface area contributed by atoms with Crippen molar-refractivity contribution in [1.29, 1.82) is 0 Å². The standard InChI is InChI=1S/C21H22ClN3O3S/c1-4-25-19(26)12-18(20(27)23-14-6-5-7-16(10-14)28-3)29-21(25)24-15-9-8-13(2)17(22)11-15/h5-11,18H,4,12H2,1-3H3,(H,23,27). The summed E-state index contributed by atoms with van der Waals surface area (Å²) in [6, 6.07) is 12.6. The molecule has 1 N–H and O–H groups in total. The number of nitrogens with zero attached hydrogens (tertiary/aromatic N) is 2.